The van der Waals surface area contributed by atoms with Gasteiger partial charge in [-0.25, -0.2) is 3.11 Å². The molecule has 4 heteroatoms. The molecule has 1 rings (SSSR count). The number of likely N-dealkylation sites (N-methyl/N-ethyl adjacent to an activating group) is 1. The maximum Gasteiger partial charge on any atom is 0.0788 e. The first kappa shape index (κ1) is 10.7. The van der Waals surface area contributed by atoms with Crippen molar-refractivity contribution in [3.63, 3.8) is 0 Å². The number of rotatable bonds is 4. The van der Waals surface area contributed by atoms with Gasteiger partial charge >= 0.3 is 0 Å². The number of hydrogen-bond donors (Lipinski definition) is 1. The van der Waals surface area contributed by atoms with Gasteiger partial charge in [0.25, 0.3) is 0 Å². The molecule has 1 fully saturated rings. The molecule has 1 heterocycles. The lowest BCUT2D eigenvalue weighted by Gasteiger charge is -2.43. The Bertz CT molecular complexity index is 142. The number of nitrogens with one attached hydrogen (secondary N) is 1. The number of ether oxygens (including phenoxy) is 1. The van der Waals surface area contributed by atoms with Crippen LogP contribution in [0.1, 0.15) is 13.8 Å². The molecule has 0 spiro atoms. The fraction of sp³-hybridized carbons (Fsp3) is 1.00. The first-order chi connectivity index (χ1) is 5.59. The van der Waals surface area contributed by atoms with E-state index < -0.39 is 0 Å². The van der Waals surface area contributed by atoms with Gasteiger partial charge in [-0.2, -0.15) is 0 Å². The molecule has 72 valence electrons. The second kappa shape index (κ2) is 4.21. The van der Waals surface area contributed by atoms with Crippen molar-refractivity contribution < 1.29 is 4.74 Å². The van der Waals surface area contributed by atoms with Crippen molar-refractivity contribution in [2.24, 2.45) is 0 Å². The zero-order chi connectivity index (χ0) is 9.19. The van der Waals surface area contributed by atoms with Gasteiger partial charge in [0.05, 0.1) is 18.8 Å². The lowest BCUT2D eigenvalue weighted by Crippen LogP contribution is -2.64. The van der Waals surface area contributed by atoms with E-state index >= 15 is 0 Å². The molecule has 0 aromatic rings. The fourth-order valence-corrected chi connectivity index (χ4v) is 1.79. The van der Waals surface area contributed by atoms with E-state index in [0.717, 1.165) is 19.8 Å². The lowest BCUT2D eigenvalue weighted by atomic mass is 9.97. The Morgan fingerprint density at radius 2 is 2.17 bits per heavy atom. The summed E-state index contributed by atoms with van der Waals surface area (Å²) in [4.78, 5) is 0. The highest BCUT2D eigenvalue weighted by Crippen LogP contribution is 2.21. The molecule has 0 aromatic carbocycles. The Kier molecular flexibility index (Phi) is 3.75. The average Bonchev–Trinajstić information content (AvgIpc) is 1.96. The van der Waals surface area contributed by atoms with Crippen molar-refractivity contribution in [3.8, 4) is 0 Å². The van der Waals surface area contributed by atoms with Crippen molar-refractivity contribution >= 4 is 22.9 Å². The molecule has 1 N–H and O–H groups in total. The third-order valence-electron chi connectivity index (χ3n) is 2.30. The zero-order valence-corrected chi connectivity index (χ0v) is 10.1. The summed E-state index contributed by atoms with van der Waals surface area (Å²) in [6.45, 7) is 7.15. The Morgan fingerprint density at radius 3 is 2.42 bits per heavy atom. The molecule has 0 aromatic heterocycles. The number of nitrogens with zero attached hydrogens (tertiary/aromatic N) is 1. The molecular formula is C8H17IN2O. The SMILES string of the molecule is CNC1(CN(I)C(C)C)COC1. The van der Waals surface area contributed by atoms with E-state index in [2.05, 4.69) is 45.1 Å². The molecule has 1 aliphatic rings. The Hall–Kier alpha value is 0.610. The monoisotopic (exact) mass is 284 g/mol. The van der Waals surface area contributed by atoms with Crippen LogP contribution in [0.5, 0.6) is 0 Å². The van der Waals surface area contributed by atoms with Crippen LogP contribution in [0.3, 0.4) is 0 Å². The molecule has 0 aliphatic carbocycles. The highest BCUT2D eigenvalue weighted by Gasteiger charge is 2.38. The van der Waals surface area contributed by atoms with Gasteiger partial charge < -0.3 is 10.1 Å². The van der Waals surface area contributed by atoms with Crippen molar-refractivity contribution in [2.45, 2.75) is 25.4 Å². The van der Waals surface area contributed by atoms with Gasteiger partial charge in [-0.1, -0.05) is 0 Å². The van der Waals surface area contributed by atoms with Crippen LogP contribution < -0.4 is 5.32 Å². The molecule has 3 nitrogen and oxygen atoms in total. The fourth-order valence-electron chi connectivity index (χ4n) is 1.13. The van der Waals surface area contributed by atoms with E-state index in [0.29, 0.717) is 6.04 Å². The van der Waals surface area contributed by atoms with Gasteiger partial charge in [-0.3, -0.25) is 0 Å². The third-order valence-corrected chi connectivity index (χ3v) is 3.76. The van der Waals surface area contributed by atoms with Gasteiger partial charge in [-0.05, 0) is 20.9 Å². The first-order valence-electron chi connectivity index (χ1n) is 4.29. The van der Waals surface area contributed by atoms with E-state index in [1.54, 1.807) is 0 Å². The molecule has 0 saturated carbocycles. The summed E-state index contributed by atoms with van der Waals surface area (Å²) in [5.74, 6) is 0. The van der Waals surface area contributed by atoms with E-state index in [-0.39, 0.29) is 5.54 Å². The van der Waals surface area contributed by atoms with E-state index in [9.17, 15) is 0 Å². The molecule has 12 heavy (non-hydrogen) atoms. The first-order valence-corrected chi connectivity index (χ1v) is 5.25. The van der Waals surface area contributed by atoms with Crippen LogP contribution in [0.4, 0.5) is 0 Å². The van der Waals surface area contributed by atoms with Crippen LogP contribution in [-0.2, 0) is 4.74 Å². The normalized spacial score (nSPS) is 21.5. The molecule has 1 aliphatic heterocycles. The third kappa shape index (κ3) is 2.31. The Labute approximate surface area is 88.3 Å². The van der Waals surface area contributed by atoms with E-state index in [1.807, 2.05) is 7.05 Å². The van der Waals surface area contributed by atoms with Gasteiger partial charge in [0.2, 0.25) is 0 Å². The topological polar surface area (TPSA) is 24.5 Å². The maximum atomic E-state index is 5.22. The highest BCUT2D eigenvalue weighted by molar-refractivity contribution is 14.1. The van der Waals surface area contributed by atoms with Gasteiger partial charge in [-0.15, -0.1) is 0 Å². The predicted molar refractivity (Wildman–Crippen MR) is 58.5 cm³/mol. The summed E-state index contributed by atoms with van der Waals surface area (Å²) >= 11 is 2.38. The van der Waals surface area contributed by atoms with Gasteiger partial charge in [0.1, 0.15) is 0 Å². The van der Waals surface area contributed by atoms with Crippen LogP contribution >= 0.6 is 22.9 Å². The number of hydrogen-bond acceptors (Lipinski definition) is 3. The summed E-state index contributed by atoms with van der Waals surface area (Å²) in [5.41, 5.74) is 0.214. The Morgan fingerprint density at radius 1 is 1.58 bits per heavy atom. The highest BCUT2D eigenvalue weighted by atomic mass is 127. The Balaban J connectivity index is 2.37. The molecule has 0 radical (unpaired) electrons. The van der Waals surface area contributed by atoms with Crippen molar-refractivity contribution in [1.29, 1.82) is 0 Å². The minimum atomic E-state index is 0.214. The zero-order valence-electron chi connectivity index (χ0n) is 7.93. The molecule has 0 bridgehead atoms. The van der Waals surface area contributed by atoms with Gasteiger partial charge in [0.15, 0.2) is 0 Å². The molecule has 1 saturated heterocycles. The summed E-state index contributed by atoms with van der Waals surface area (Å²) in [5, 5.41) is 3.33. The van der Waals surface area contributed by atoms with Crippen LogP contribution in [0.25, 0.3) is 0 Å². The average molecular weight is 284 g/mol. The molecule has 0 amide bonds. The van der Waals surface area contributed by atoms with Crippen molar-refractivity contribution in [1.82, 2.24) is 8.43 Å². The van der Waals surface area contributed by atoms with Gasteiger partial charge in [0, 0.05) is 35.5 Å². The largest absolute Gasteiger partial charge is 0.377 e. The standard InChI is InChI=1S/C8H17IN2O/c1-7(2)11(9)4-8(10-3)5-12-6-8/h7,10H,4-6H2,1-3H3. The quantitative estimate of drug-likeness (QED) is 0.616. The second-order valence-electron chi connectivity index (χ2n) is 3.67. The summed E-state index contributed by atoms with van der Waals surface area (Å²) in [6.07, 6.45) is 0. The van der Waals surface area contributed by atoms with Crippen molar-refractivity contribution in [2.75, 3.05) is 26.8 Å². The number of halogens is 1. The van der Waals surface area contributed by atoms with Crippen LogP contribution in [0.2, 0.25) is 0 Å². The minimum absolute atomic E-state index is 0.214. The van der Waals surface area contributed by atoms with Crippen LogP contribution in [0, 0.1) is 0 Å². The summed E-state index contributed by atoms with van der Waals surface area (Å²) in [6, 6.07) is 0.594. The van der Waals surface area contributed by atoms with E-state index in [1.165, 1.54) is 0 Å². The van der Waals surface area contributed by atoms with Crippen LogP contribution in [0.15, 0.2) is 0 Å². The summed E-state index contributed by atoms with van der Waals surface area (Å²) in [7, 11) is 2.01. The predicted octanol–water partition coefficient (Wildman–Crippen LogP) is 1.04. The molecule has 0 atom stereocenters. The summed E-state index contributed by atoms with van der Waals surface area (Å²) < 4.78 is 7.53. The smallest absolute Gasteiger partial charge is 0.0788 e. The minimum Gasteiger partial charge on any atom is -0.377 e. The van der Waals surface area contributed by atoms with Crippen LogP contribution in [-0.4, -0.2) is 41.5 Å². The molecule has 0 unspecified atom stereocenters. The van der Waals surface area contributed by atoms with E-state index in [4.69, 9.17) is 4.74 Å². The molecular weight excluding hydrogens is 267 g/mol. The maximum absolute atomic E-state index is 5.22. The van der Waals surface area contributed by atoms with Crippen molar-refractivity contribution in [3.05, 3.63) is 0 Å². The lowest BCUT2D eigenvalue weighted by molar-refractivity contribution is -0.0761. The second-order valence-corrected chi connectivity index (χ2v) is 4.91.